The maximum absolute atomic E-state index is 13.2. The first kappa shape index (κ1) is 21.8. The predicted molar refractivity (Wildman–Crippen MR) is 112 cm³/mol. The molecule has 6 heteroatoms. The van der Waals surface area contributed by atoms with Crippen LogP contribution in [0.1, 0.15) is 51.0 Å². The largest absolute Gasteiger partial charge is 0.493 e. The third-order valence-corrected chi connectivity index (χ3v) is 6.84. The van der Waals surface area contributed by atoms with Gasteiger partial charge < -0.3 is 23.8 Å². The summed E-state index contributed by atoms with van der Waals surface area (Å²) in [6.45, 7) is 2.80. The summed E-state index contributed by atoms with van der Waals surface area (Å²) in [7, 11) is 6.70. The van der Waals surface area contributed by atoms with Gasteiger partial charge in [-0.1, -0.05) is 19.3 Å². The molecule has 1 amide bonds. The average molecular weight is 406 g/mol. The van der Waals surface area contributed by atoms with Crippen LogP contribution in [0.25, 0.3) is 0 Å². The predicted octanol–water partition coefficient (Wildman–Crippen LogP) is 3.84. The number of nitrogens with zero attached hydrogens (tertiary/aromatic N) is 1. The molecule has 2 atom stereocenters. The van der Waals surface area contributed by atoms with Crippen molar-refractivity contribution in [2.24, 2.45) is 5.41 Å². The van der Waals surface area contributed by atoms with E-state index in [1.165, 1.54) is 19.3 Å². The zero-order chi connectivity index (χ0) is 21.0. The normalized spacial score (nSPS) is 22.7. The SMILES string of the molecule is CCO[C@@H]1C[C@H](N(C)C(=O)Cc2cc(OC)c(OC)c(OC)c2)C12CCCCC2. The molecule has 0 radical (unpaired) electrons. The number of methoxy groups -OCH3 is 3. The van der Waals surface area contributed by atoms with E-state index in [-0.39, 0.29) is 23.5 Å². The van der Waals surface area contributed by atoms with Crippen molar-refractivity contribution < 1.29 is 23.7 Å². The van der Waals surface area contributed by atoms with Crippen LogP contribution in [0.3, 0.4) is 0 Å². The maximum atomic E-state index is 13.2. The van der Waals surface area contributed by atoms with E-state index in [4.69, 9.17) is 18.9 Å². The van der Waals surface area contributed by atoms with Gasteiger partial charge in [-0.05, 0) is 43.9 Å². The Kier molecular flexibility index (Phi) is 6.93. The van der Waals surface area contributed by atoms with Crippen LogP contribution in [0, 0.1) is 5.41 Å². The quantitative estimate of drug-likeness (QED) is 0.658. The van der Waals surface area contributed by atoms with Gasteiger partial charge in [-0.2, -0.15) is 0 Å². The molecular formula is C23H35NO5. The highest BCUT2D eigenvalue weighted by atomic mass is 16.5. The summed E-state index contributed by atoms with van der Waals surface area (Å²) in [5.74, 6) is 1.80. The van der Waals surface area contributed by atoms with Gasteiger partial charge in [0, 0.05) is 25.1 Å². The second-order valence-electron chi connectivity index (χ2n) is 8.20. The lowest BCUT2D eigenvalue weighted by Gasteiger charge is -2.60. The van der Waals surface area contributed by atoms with E-state index in [9.17, 15) is 4.79 Å². The smallest absolute Gasteiger partial charge is 0.227 e. The van der Waals surface area contributed by atoms with E-state index >= 15 is 0 Å². The van der Waals surface area contributed by atoms with E-state index < -0.39 is 0 Å². The van der Waals surface area contributed by atoms with Crippen molar-refractivity contribution in [3.63, 3.8) is 0 Å². The minimum atomic E-state index is 0.115. The van der Waals surface area contributed by atoms with Gasteiger partial charge in [0.15, 0.2) is 11.5 Å². The number of carbonyl (C=O) groups is 1. The zero-order valence-corrected chi connectivity index (χ0v) is 18.5. The third-order valence-electron chi connectivity index (χ3n) is 6.84. The van der Waals surface area contributed by atoms with E-state index in [2.05, 4.69) is 6.92 Å². The Balaban J connectivity index is 1.75. The molecule has 2 aliphatic rings. The fourth-order valence-electron chi connectivity index (χ4n) is 5.28. The summed E-state index contributed by atoms with van der Waals surface area (Å²) < 4.78 is 22.3. The minimum absolute atomic E-state index is 0.115. The summed E-state index contributed by atoms with van der Waals surface area (Å²) in [6.07, 6.45) is 7.59. The number of benzene rings is 1. The summed E-state index contributed by atoms with van der Waals surface area (Å²) in [4.78, 5) is 15.1. The van der Waals surface area contributed by atoms with Gasteiger partial charge in [0.1, 0.15) is 0 Å². The fourth-order valence-corrected chi connectivity index (χ4v) is 5.28. The molecule has 1 aromatic carbocycles. The maximum Gasteiger partial charge on any atom is 0.227 e. The Hall–Kier alpha value is -1.95. The molecule has 0 aromatic heterocycles. The summed E-state index contributed by atoms with van der Waals surface area (Å²) >= 11 is 0. The molecule has 6 nitrogen and oxygen atoms in total. The van der Waals surface area contributed by atoms with Gasteiger partial charge in [0.25, 0.3) is 0 Å². The molecule has 1 spiro atoms. The van der Waals surface area contributed by atoms with Crippen molar-refractivity contribution in [3.05, 3.63) is 17.7 Å². The molecule has 162 valence electrons. The van der Waals surface area contributed by atoms with Crippen LogP contribution in [-0.4, -0.2) is 57.9 Å². The van der Waals surface area contributed by atoms with Gasteiger partial charge in [-0.25, -0.2) is 0 Å². The lowest BCUT2D eigenvalue weighted by atomic mass is 9.54. The number of hydrogen-bond acceptors (Lipinski definition) is 5. The molecule has 0 heterocycles. The Morgan fingerprint density at radius 2 is 1.69 bits per heavy atom. The van der Waals surface area contributed by atoms with Crippen molar-refractivity contribution in [1.82, 2.24) is 4.90 Å². The summed E-state index contributed by atoms with van der Waals surface area (Å²) in [6, 6.07) is 3.97. The Morgan fingerprint density at radius 3 is 2.21 bits per heavy atom. The van der Waals surface area contributed by atoms with Gasteiger partial charge in [0.2, 0.25) is 11.7 Å². The number of amides is 1. The number of ether oxygens (including phenoxy) is 4. The second-order valence-corrected chi connectivity index (χ2v) is 8.20. The summed E-state index contributed by atoms with van der Waals surface area (Å²) in [5, 5.41) is 0. The Bertz CT molecular complexity index is 688. The van der Waals surface area contributed by atoms with Crippen molar-refractivity contribution in [2.75, 3.05) is 35.0 Å². The molecule has 2 aliphatic carbocycles. The Morgan fingerprint density at radius 1 is 1.07 bits per heavy atom. The number of likely N-dealkylation sites (N-methyl/N-ethyl adjacent to an activating group) is 1. The van der Waals surface area contributed by atoms with Gasteiger partial charge in [-0.3, -0.25) is 4.79 Å². The van der Waals surface area contributed by atoms with Crippen molar-refractivity contribution in [2.45, 2.75) is 64.0 Å². The van der Waals surface area contributed by atoms with Crippen LogP contribution >= 0.6 is 0 Å². The van der Waals surface area contributed by atoms with E-state index in [0.717, 1.165) is 31.4 Å². The number of hydrogen-bond donors (Lipinski definition) is 0. The van der Waals surface area contributed by atoms with Crippen LogP contribution in [0.2, 0.25) is 0 Å². The summed E-state index contributed by atoms with van der Waals surface area (Å²) in [5.41, 5.74) is 0.989. The van der Waals surface area contributed by atoms with E-state index in [0.29, 0.717) is 23.7 Å². The van der Waals surface area contributed by atoms with Crippen molar-refractivity contribution in [1.29, 1.82) is 0 Å². The van der Waals surface area contributed by atoms with Crippen LogP contribution in [0.5, 0.6) is 17.2 Å². The second kappa shape index (κ2) is 9.24. The molecule has 2 saturated carbocycles. The first-order chi connectivity index (χ1) is 14.0. The topological polar surface area (TPSA) is 57.2 Å². The van der Waals surface area contributed by atoms with Crippen LogP contribution < -0.4 is 14.2 Å². The highest BCUT2D eigenvalue weighted by Gasteiger charge is 2.57. The van der Waals surface area contributed by atoms with Gasteiger partial charge in [0.05, 0.1) is 33.9 Å². The molecule has 0 N–H and O–H groups in total. The van der Waals surface area contributed by atoms with Crippen LogP contribution in [0.4, 0.5) is 0 Å². The van der Waals surface area contributed by atoms with Crippen LogP contribution in [-0.2, 0) is 16.0 Å². The van der Waals surface area contributed by atoms with Gasteiger partial charge >= 0.3 is 0 Å². The number of carbonyl (C=O) groups excluding carboxylic acids is 1. The lowest BCUT2D eigenvalue weighted by Crippen LogP contribution is -2.65. The molecule has 0 bridgehead atoms. The average Bonchev–Trinajstić information content (AvgIpc) is 2.75. The Labute approximate surface area is 174 Å². The first-order valence-corrected chi connectivity index (χ1v) is 10.7. The molecular weight excluding hydrogens is 370 g/mol. The van der Waals surface area contributed by atoms with Crippen molar-refractivity contribution >= 4 is 5.91 Å². The zero-order valence-electron chi connectivity index (χ0n) is 18.5. The highest BCUT2D eigenvalue weighted by molar-refractivity contribution is 5.79. The van der Waals surface area contributed by atoms with Crippen molar-refractivity contribution in [3.8, 4) is 17.2 Å². The molecule has 0 unspecified atom stereocenters. The molecule has 29 heavy (non-hydrogen) atoms. The highest BCUT2D eigenvalue weighted by Crippen LogP contribution is 2.55. The molecule has 2 fully saturated rings. The molecule has 3 rings (SSSR count). The van der Waals surface area contributed by atoms with E-state index in [1.54, 1.807) is 21.3 Å². The standard InChI is InChI=1S/C23H35NO5/c1-6-29-20-15-19(23(20)10-8-7-9-11-23)24(2)21(25)14-16-12-17(26-3)22(28-5)18(13-16)27-4/h12-13,19-20H,6-11,14-15H2,1-5H3/t19-,20+/m0/s1. The molecule has 1 aromatic rings. The molecule has 0 aliphatic heterocycles. The first-order valence-electron chi connectivity index (χ1n) is 10.7. The van der Waals surface area contributed by atoms with Gasteiger partial charge in [-0.15, -0.1) is 0 Å². The monoisotopic (exact) mass is 405 g/mol. The molecule has 0 saturated heterocycles. The number of rotatable bonds is 8. The fraction of sp³-hybridized carbons (Fsp3) is 0.696. The third kappa shape index (κ3) is 4.04. The minimum Gasteiger partial charge on any atom is -0.493 e. The lowest BCUT2D eigenvalue weighted by molar-refractivity contribution is -0.184. The van der Waals surface area contributed by atoms with E-state index in [1.807, 2.05) is 24.1 Å². The van der Waals surface area contributed by atoms with Crippen LogP contribution in [0.15, 0.2) is 12.1 Å².